The Bertz CT molecular complexity index is 807. The van der Waals surface area contributed by atoms with E-state index >= 15 is 0 Å². The quantitative estimate of drug-likeness (QED) is 0.703. The molecular weight excluding hydrogens is 276 g/mol. The first-order valence-corrected chi connectivity index (χ1v) is 7.20. The highest BCUT2D eigenvalue weighted by molar-refractivity contribution is 6.11. The summed E-state index contributed by atoms with van der Waals surface area (Å²) in [4.78, 5) is 15.8. The highest BCUT2D eigenvalue weighted by Crippen LogP contribution is 2.25. The Balaban J connectivity index is 1.86. The molecule has 2 aromatic carbocycles. The summed E-state index contributed by atoms with van der Waals surface area (Å²) in [5.74, 6) is 0.768. The molecule has 0 spiro atoms. The van der Waals surface area contributed by atoms with E-state index in [4.69, 9.17) is 4.74 Å². The molecule has 4 heteroatoms. The monoisotopic (exact) mass is 294 g/mol. The Kier molecular flexibility index (Phi) is 3.83. The molecule has 1 heterocycles. The van der Waals surface area contributed by atoms with E-state index in [-0.39, 0.29) is 11.8 Å². The van der Waals surface area contributed by atoms with Crippen molar-refractivity contribution in [2.75, 3.05) is 12.4 Å². The number of aromatic amines is 1. The molecule has 0 unspecified atom stereocenters. The average Bonchev–Trinajstić information content (AvgIpc) is 2.98. The van der Waals surface area contributed by atoms with Gasteiger partial charge in [-0.15, -0.1) is 0 Å². The molecule has 0 amide bonds. The number of fused-ring (bicyclic) bond motifs is 1. The van der Waals surface area contributed by atoms with Crippen LogP contribution in [0.25, 0.3) is 10.9 Å². The van der Waals surface area contributed by atoms with Crippen molar-refractivity contribution in [1.29, 1.82) is 0 Å². The van der Waals surface area contributed by atoms with Crippen molar-refractivity contribution in [3.63, 3.8) is 0 Å². The minimum atomic E-state index is -0.351. The van der Waals surface area contributed by atoms with Gasteiger partial charge in [0, 0.05) is 22.7 Å². The van der Waals surface area contributed by atoms with Crippen LogP contribution in [0.15, 0.2) is 54.7 Å². The van der Waals surface area contributed by atoms with Gasteiger partial charge in [-0.1, -0.05) is 30.3 Å². The lowest BCUT2D eigenvalue weighted by Gasteiger charge is -2.16. The number of H-pyrrole nitrogens is 1. The highest BCUT2D eigenvalue weighted by Gasteiger charge is 2.19. The molecular formula is C18H18N2O2. The molecule has 0 radical (unpaired) electrons. The van der Waals surface area contributed by atoms with E-state index in [1.54, 1.807) is 13.3 Å². The summed E-state index contributed by atoms with van der Waals surface area (Å²) in [6.07, 6.45) is 1.77. The van der Waals surface area contributed by atoms with Crippen molar-refractivity contribution in [1.82, 2.24) is 4.98 Å². The fourth-order valence-electron chi connectivity index (χ4n) is 2.57. The number of anilines is 1. The zero-order valence-corrected chi connectivity index (χ0v) is 12.6. The normalized spacial score (nSPS) is 12.1. The van der Waals surface area contributed by atoms with Crippen LogP contribution in [0.4, 0.5) is 5.69 Å². The van der Waals surface area contributed by atoms with Crippen molar-refractivity contribution in [2.24, 2.45) is 0 Å². The number of benzene rings is 2. The molecule has 22 heavy (non-hydrogen) atoms. The van der Waals surface area contributed by atoms with Gasteiger partial charge in [0.2, 0.25) is 0 Å². The van der Waals surface area contributed by atoms with E-state index in [0.29, 0.717) is 5.56 Å². The topological polar surface area (TPSA) is 54.1 Å². The SMILES string of the molecule is COc1ccccc1N[C@@H](C)C(=O)c1c[nH]c2ccccc12. The lowest BCUT2D eigenvalue weighted by molar-refractivity contribution is 0.0977. The second-order valence-corrected chi connectivity index (χ2v) is 5.18. The van der Waals surface area contributed by atoms with Crippen molar-refractivity contribution < 1.29 is 9.53 Å². The number of Topliss-reactive ketones (excluding diaryl/α,β-unsaturated/α-hetero) is 1. The number of aromatic nitrogens is 1. The lowest BCUT2D eigenvalue weighted by atomic mass is 10.0. The number of methoxy groups -OCH3 is 1. The Morgan fingerprint density at radius 2 is 1.86 bits per heavy atom. The van der Waals surface area contributed by atoms with Crippen LogP contribution in [0.3, 0.4) is 0 Å². The minimum Gasteiger partial charge on any atom is -0.495 e. The second kappa shape index (κ2) is 5.93. The summed E-state index contributed by atoms with van der Waals surface area (Å²) in [6.45, 7) is 1.86. The van der Waals surface area contributed by atoms with E-state index in [2.05, 4.69) is 10.3 Å². The van der Waals surface area contributed by atoms with Gasteiger partial charge in [-0.05, 0) is 25.1 Å². The van der Waals surface area contributed by atoms with E-state index in [1.165, 1.54) is 0 Å². The van der Waals surface area contributed by atoms with Gasteiger partial charge < -0.3 is 15.0 Å². The Labute approximate surface area is 129 Å². The molecule has 0 aliphatic heterocycles. The Morgan fingerprint density at radius 3 is 2.68 bits per heavy atom. The van der Waals surface area contributed by atoms with Gasteiger partial charge in [-0.25, -0.2) is 0 Å². The summed E-state index contributed by atoms with van der Waals surface area (Å²) in [7, 11) is 1.62. The third-order valence-electron chi connectivity index (χ3n) is 3.73. The molecule has 1 aromatic heterocycles. The highest BCUT2D eigenvalue weighted by atomic mass is 16.5. The van der Waals surface area contributed by atoms with E-state index < -0.39 is 0 Å². The molecule has 0 bridgehead atoms. The fraction of sp³-hybridized carbons (Fsp3) is 0.167. The number of carbonyl (C=O) groups is 1. The van der Waals surface area contributed by atoms with Crippen LogP contribution in [0.5, 0.6) is 5.75 Å². The third kappa shape index (κ3) is 2.55. The molecule has 0 aliphatic carbocycles. The van der Waals surface area contributed by atoms with E-state index in [1.807, 2.05) is 55.5 Å². The van der Waals surface area contributed by atoms with Gasteiger partial charge in [-0.2, -0.15) is 0 Å². The average molecular weight is 294 g/mol. The predicted molar refractivity (Wildman–Crippen MR) is 88.7 cm³/mol. The summed E-state index contributed by atoms with van der Waals surface area (Å²) >= 11 is 0. The summed E-state index contributed by atoms with van der Waals surface area (Å²) in [6, 6.07) is 15.0. The van der Waals surface area contributed by atoms with Gasteiger partial charge >= 0.3 is 0 Å². The van der Waals surface area contributed by atoms with Crippen LogP contribution in [0.2, 0.25) is 0 Å². The van der Waals surface area contributed by atoms with Crippen LogP contribution in [-0.2, 0) is 0 Å². The van der Waals surface area contributed by atoms with Gasteiger partial charge in [0.25, 0.3) is 0 Å². The van der Waals surface area contributed by atoms with Gasteiger partial charge in [0.1, 0.15) is 5.75 Å². The minimum absolute atomic E-state index is 0.0448. The number of rotatable bonds is 5. The molecule has 2 N–H and O–H groups in total. The second-order valence-electron chi connectivity index (χ2n) is 5.18. The van der Waals surface area contributed by atoms with E-state index in [9.17, 15) is 4.79 Å². The first kappa shape index (κ1) is 14.2. The van der Waals surface area contributed by atoms with Gasteiger partial charge in [0.15, 0.2) is 5.78 Å². The molecule has 0 aliphatic rings. The van der Waals surface area contributed by atoms with Crippen LogP contribution in [0.1, 0.15) is 17.3 Å². The summed E-state index contributed by atoms with van der Waals surface area (Å²) in [5.41, 5.74) is 2.48. The maximum absolute atomic E-state index is 12.7. The molecule has 3 aromatic rings. The third-order valence-corrected chi connectivity index (χ3v) is 3.73. The number of ether oxygens (including phenoxy) is 1. The van der Waals surface area contributed by atoms with Gasteiger partial charge in [0.05, 0.1) is 18.8 Å². The lowest BCUT2D eigenvalue weighted by Crippen LogP contribution is -2.26. The number of hydrogen-bond donors (Lipinski definition) is 2. The largest absolute Gasteiger partial charge is 0.495 e. The smallest absolute Gasteiger partial charge is 0.186 e. The molecule has 0 saturated heterocycles. The maximum atomic E-state index is 12.7. The molecule has 0 saturated carbocycles. The molecule has 4 nitrogen and oxygen atoms in total. The zero-order valence-electron chi connectivity index (χ0n) is 12.6. The van der Waals surface area contributed by atoms with Crippen molar-refractivity contribution in [3.05, 3.63) is 60.3 Å². The number of carbonyl (C=O) groups excluding carboxylic acids is 1. The Hall–Kier alpha value is -2.75. The van der Waals surface area contributed by atoms with Gasteiger partial charge in [-0.3, -0.25) is 4.79 Å². The molecule has 0 fully saturated rings. The molecule has 3 rings (SSSR count). The van der Waals surface area contributed by atoms with E-state index in [0.717, 1.165) is 22.3 Å². The number of nitrogens with one attached hydrogen (secondary N) is 2. The van der Waals surface area contributed by atoms with Crippen molar-refractivity contribution in [2.45, 2.75) is 13.0 Å². The van der Waals surface area contributed by atoms with Crippen molar-refractivity contribution in [3.8, 4) is 5.75 Å². The summed E-state index contributed by atoms with van der Waals surface area (Å²) in [5, 5.41) is 4.17. The predicted octanol–water partition coefficient (Wildman–Crippen LogP) is 3.86. The number of hydrogen-bond acceptors (Lipinski definition) is 3. The van der Waals surface area contributed by atoms with Crippen molar-refractivity contribution >= 4 is 22.4 Å². The maximum Gasteiger partial charge on any atom is 0.186 e. The first-order valence-electron chi connectivity index (χ1n) is 7.20. The van der Waals surface area contributed by atoms with Crippen LogP contribution in [-0.4, -0.2) is 23.9 Å². The van der Waals surface area contributed by atoms with Crippen LogP contribution < -0.4 is 10.1 Å². The number of ketones is 1. The fourth-order valence-corrected chi connectivity index (χ4v) is 2.57. The summed E-state index contributed by atoms with van der Waals surface area (Å²) < 4.78 is 5.31. The Morgan fingerprint density at radius 1 is 1.14 bits per heavy atom. The first-order chi connectivity index (χ1) is 10.7. The van der Waals surface area contributed by atoms with Crippen LogP contribution >= 0.6 is 0 Å². The molecule has 1 atom stereocenters. The zero-order chi connectivity index (χ0) is 15.5. The standard InChI is InChI=1S/C18H18N2O2/c1-12(20-16-9-5-6-10-17(16)22-2)18(21)14-11-19-15-8-4-3-7-13(14)15/h3-12,19-20H,1-2H3/t12-/m0/s1. The molecule has 112 valence electrons. The van der Waals surface area contributed by atoms with Crippen LogP contribution in [0, 0.1) is 0 Å². The number of para-hydroxylation sites is 3.